The minimum atomic E-state index is -0.471. The Bertz CT molecular complexity index is 250. The normalized spacial score (nSPS) is 25.9. The van der Waals surface area contributed by atoms with Gasteiger partial charge in [0.1, 0.15) is 5.60 Å². The number of rotatable bonds is 2. The fourth-order valence-corrected chi connectivity index (χ4v) is 1.81. The number of hydrogen-bond donors (Lipinski definition) is 1. The monoisotopic (exact) mass is 230 g/mol. The van der Waals surface area contributed by atoms with Crippen molar-refractivity contribution in [3.05, 3.63) is 0 Å². The second-order valence-electron chi connectivity index (χ2n) is 5.12. The van der Waals surface area contributed by atoms with E-state index >= 15 is 0 Å². The van der Waals surface area contributed by atoms with E-state index < -0.39 is 5.60 Å². The maximum absolute atomic E-state index is 11.9. The van der Waals surface area contributed by atoms with Crippen molar-refractivity contribution < 1.29 is 14.3 Å². The number of nitrogens with zero attached hydrogens (tertiary/aromatic N) is 1. The summed E-state index contributed by atoms with van der Waals surface area (Å²) in [4.78, 5) is 13.6. The number of likely N-dealkylation sites (tertiary alicyclic amines) is 1. The second kappa shape index (κ2) is 5.01. The van der Waals surface area contributed by atoms with Crippen LogP contribution in [0.4, 0.5) is 4.79 Å². The summed E-state index contributed by atoms with van der Waals surface area (Å²) in [5.41, 5.74) is 5.17. The highest BCUT2D eigenvalue weighted by molar-refractivity contribution is 5.69. The van der Waals surface area contributed by atoms with Gasteiger partial charge in [-0.25, -0.2) is 4.79 Å². The minimum Gasteiger partial charge on any atom is -0.444 e. The van der Waals surface area contributed by atoms with E-state index in [-0.39, 0.29) is 18.2 Å². The highest BCUT2D eigenvalue weighted by Crippen LogP contribution is 2.22. The summed E-state index contributed by atoms with van der Waals surface area (Å²) in [6.07, 6.45) is 0.551. The quantitative estimate of drug-likeness (QED) is 0.767. The maximum Gasteiger partial charge on any atom is 0.410 e. The first kappa shape index (κ1) is 13.3. The Morgan fingerprint density at radius 2 is 2.12 bits per heavy atom. The van der Waals surface area contributed by atoms with E-state index in [9.17, 15) is 4.79 Å². The van der Waals surface area contributed by atoms with Gasteiger partial charge in [0.15, 0.2) is 0 Å². The number of amides is 1. The smallest absolute Gasteiger partial charge is 0.410 e. The van der Waals surface area contributed by atoms with Crippen molar-refractivity contribution in [3.63, 3.8) is 0 Å². The molecule has 0 aromatic rings. The first-order chi connectivity index (χ1) is 7.37. The Labute approximate surface area is 96.9 Å². The molecule has 2 unspecified atom stereocenters. The average Bonchev–Trinajstić information content (AvgIpc) is 2.58. The van der Waals surface area contributed by atoms with Crippen molar-refractivity contribution in [1.82, 2.24) is 4.90 Å². The van der Waals surface area contributed by atoms with Crippen LogP contribution < -0.4 is 5.73 Å². The van der Waals surface area contributed by atoms with E-state index in [1.807, 2.05) is 20.8 Å². The largest absolute Gasteiger partial charge is 0.444 e. The van der Waals surface area contributed by atoms with E-state index in [0.29, 0.717) is 13.1 Å². The summed E-state index contributed by atoms with van der Waals surface area (Å²) < 4.78 is 10.6. The van der Waals surface area contributed by atoms with Crippen LogP contribution in [0.15, 0.2) is 0 Å². The summed E-state index contributed by atoms with van der Waals surface area (Å²) in [5, 5.41) is 0. The molecule has 0 spiro atoms. The van der Waals surface area contributed by atoms with Gasteiger partial charge in [0.2, 0.25) is 0 Å². The van der Waals surface area contributed by atoms with Gasteiger partial charge in [0, 0.05) is 19.7 Å². The van der Waals surface area contributed by atoms with Gasteiger partial charge >= 0.3 is 6.09 Å². The number of carbonyl (C=O) groups is 1. The fourth-order valence-electron chi connectivity index (χ4n) is 1.81. The Hall–Kier alpha value is -0.810. The van der Waals surface area contributed by atoms with E-state index in [4.69, 9.17) is 15.2 Å². The topological polar surface area (TPSA) is 64.8 Å². The van der Waals surface area contributed by atoms with Gasteiger partial charge in [-0.1, -0.05) is 0 Å². The van der Waals surface area contributed by atoms with Gasteiger partial charge in [-0.2, -0.15) is 0 Å². The molecule has 0 saturated carbocycles. The zero-order valence-electron chi connectivity index (χ0n) is 10.5. The number of methoxy groups -OCH3 is 1. The lowest BCUT2D eigenvalue weighted by molar-refractivity contribution is 0.0201. The maximum atomic E-state index is 11.9. The molecule has 1 rings (SSSR count). The van der Waals surface area contributed by atoms with Gasteiger partial charge in [0.05, 0.1) is 12.6 Å². The third kappa shape index (κ3) is 3.35. The van der Waals surface area contributed by atoms with Crippen molar-refractivity contribution in [2.45, 2.75) is 44.9 Å². The summed E-state index contributed by atoms with van der Waals surface area (Å²) in [5.74, 6) is 0. The van der Waals surface area contributed by atoms with Gasteiger partial charge in [-0.15, -0.1) is 0 Å². The van der Waals surface area contributed by atoms with Crippen LogP contribution in [0, 0.1) is 0 Å². The summed E-state index contributed by atoms with van der Waals surface area (Å²) >= 11 is 0. The Kier molecular flexibility index (Phi) is 4.15. The van der Waals surface area contributed by atoms with E-state index in [0.717, 1.165) is 6.42 Å². The number of ether oxygens (including phenoxy) is 2. The van der Waals surface area contributed by atoms with E-state index in [1.54, 1.807) is 12.0 Å². The highest BCUT2D eigenvalue weighted by atomic mass is 16.6. The van der Waals surface area contributed by atoms with Crippen molar-refractivity contribution in [1.29, 1.82) is 0 Å². The molecule has 5 heteroatoms. The van der Waals surface area contributed by atoms with Gasteiger partial charge in [-0.05, 0) is 27.2 Å². The predicted octanol–water partition coefficient (Wildman–Crippen LogP) is 0.969. The molecule has 0 aromatic heterocycles. The van der Waals surface area contributed by atoms with Crippen LogP contribution in [-0.2, 0) is 9.47 Å². The molecular weight excluding hydrogens is 208 g/mol. The van der Waals surface area contributed by atoms with Crippen molar-refractivity contribution in [3.8, 4) is 0 Å². The lowest BCUT2D eigenvalue weighted by Crippen LogP contribution is -2.43. The molecule has 1 amide bonds. The fraction of sp³-hybridized carbons (Fsp3) is 0.909. The van der Waals surface area contributed by atoms with Crippen LogP contribution in [-0.4, -0.2) is 48.9 Å². The molecular formula is C11H22N2O3. The zero-order chi connectivity index (χ0) is 12.3. The first-order valence-corrected chi connectivity index (χ1v) is 5.60. The second-order valence-corrected chi connectivity index (χ2v) is 5.12. The Morgan fingerprint density at radius 1 is 1.50 bits per heavy atom. The zero-order valence-corrected chi connectivity index (χ0v) is 10.5. The van der Waals surface area contributed by atoms with Crippen molar-refractivity contribution in [2.24, 2.45) is 5.73 Å². The molecule has 2 atom stereocenters. The van der Waals surface area contributed by atoms with Crippen LogP contribution in [0.3, 0.4) is 0 Å². The lowest BCUT2D eigenvalue weighted by atomic mass is 10.2. The molecule has 0 bridgehead atoms. The van der Waals surface area contributed by atoms with Gasteiger partial charge in [0.25, 0.3) is 0 Å². The Balaban J connectivity index is 2.61. The third-order valence-corrected chi connectivity index (χ3v) is 2.61. The van der Waals surface area contributed by atoms with Crippen LogP contribution >= 0.6 is 0 Å². The number of carbonyl (C=O) groups excluding carboxylic acids is 1. The molecule has 2 N–H and O–H groups in total. The molecule has 0 aromatic carbocycles. The first-order valence-electron chi connectivity index (χ1n) is 5.60. The molecule has 1 fully saturated rings. The molecule has 1 saturated heterocycles. The van der Waals surface area contributed by atoms with Gasteiger partial charge in [-0.3, -0.25) is 0 Å². The van der Waals surface area contributed by atoms with Crippen LogP contribution in [0.25, 0.3) is 0 Å². The van der Waals surface area contributed by atoms with E-state index in [1.165, 1.54) is 0 Å². The Morgan fingerprint density at radius 3 is 2.56 bits per heavy atom. The minimum absolute atomic E-state index is 0.0276. The molecule has 1 aliphatic heterocycles. The summed E-state index contributed by atoms with van der Waals surface area (Å²) in [6.45, 7) is 6.57. The molecule has 1 aliphatic rings. The molecule has 0 aliphatic carbocycles. The predicted molar refractivity (Wildman–Crippen MR) is 61.2 cm³/mol. The molecule has 16 heavy (non-hydrogen) atoms. The van der Waals surface area contributed by atoms with Crippen LogP contribution in [0.2, 0.25) is 0 Å². The van der Waals surface area contributed by atoms with Gasteiger partial charge < -0.3 is 20.1 Å². The molecule has 94 valence electrons. The van der Waals surface area contributed by atoms with Crippen molar-refractivity contribution in [2.75, 3.05) is 20.2 Å². The SMILES string of the molecule is COC1CC(CN)N(C(=O)OC(C)(C)C)C1. The average molecular weight is 230 g/mol. The highest BCUT2D eigenvalue weighted by Gasteiger charge is 2.36. The van der Waals surface area contributed by atoms with Crippen molar-refractivity contribution >= 4 is 6.09 Å². The molecule has 5 nitrogen and oxygen atoms in total. The standard InChI is InChI=1S/C11H22N2O3/c1-11(2,3)16-10(14)13-7-9(15-4)5-8(13)6-12/h8-9H,5-7,12H2,1-4H3. The molecule has 0 radical (unpaired) electrons. The molecule has 1 heterocycles. The number of nitrogens with two attached hydrogens (primary N) is 1. The van der Waals surface area contributed by atoms with Crippen LogP contribution in [0.1, 0.15) is 27.2 Å². The van der Waals surface area contributed by atoms with Crippen LogP contribution in [0.5, 0.6) is 0 Å². The number of hydrogen-bond acceptors (Lipinski definition) is 4. The third-order valence-electron chi connectivity index (χ3n) is 2.61. The summed E-state index contributed by atoms with van der Waals surface area (Å²) in [7, 11) is 1.65. The lowest BCUT2D eigenvalue weighted by Gasteiger charge is -2.27. The summed E-state index contributed by atoms with van der Waals surface area (Å²) in [6, 6.07) is 0.0276. The van der Waals surface area contributed by atoms with E-state index in [2.05, 4.69) is 0 Å².